The van der Waals surface area contributed by atoms with Crippen molar-refractivity contribution in [3.8, 4) is 0 Å². The smallest absolute Gasteiger partial charge is 0.191 e. The van der Waals surface area contributed by atoms with Crippen molar-refractivity contribution in [3.63, 3.8) is 0 Å². The fourth-order valence-corrected chi connectivity index (χ4v) is 3.08. The summed E-state index contributed by atoms with van der Waals surface area (Å²) in [5.41, 5.74) is 0.440. The first-order chi connectivity index (χ1) is 12.7. The number of furan rings is 1. The number of anilines is 1. The summed E-state index contributed by atoms with van der Waals surface area (Å²) in [7, 11) is 0. The van der Waals surface area contributed by atoms with E-state index in [-0.39, 0.29) is 6.04 Å². The van der Waals surface area contributed by atoms with Gasteiger partial charge in [-0.2, -0.15) is 0 Å². The fraction of sp³-hybridized carbons (Fsp3) is 0.421. The summed E-state index contributed by atoms with van der Waals surface area (Å²) in [6, 6.07) is 7.66. The average Bonchev–Trinajstić information content (AvgIpc) is 3.27. The van der Waals surface area contributed by atoms with Crippen LogP contribution >= 0.6 is 0 Å². The molecule has 0 saturated carbocycles. The van der Waals surface area contributed by atoms with Crippen LogP contribution in [0.2, 0.25) is 0 Å². The number of hydrogen-bond acceptors (Lipinski definition) is 3. The van der Waals surface area contributed by atoms with Gasteiger partial charge in [-0.1, -0.05) is 0 Å². The van der Waals surface area contributed by atoms with Gasteiger partial charge in [0.2, 0.25) is 0 Å². The number of nitrogens with one attached hydrogen (secondary N) is 2. The van der Waals surface area contributed by atoms with Crippen molar-refractivity contribution < 1.29 is 13.2 Å². The van der Waals surface area contributed by atoms with E-state index in [2.05, 4.69) is 15.6 Å². The Morgan fingerprint density at radius 3 is 2.96 bits per heavy atom. The van der Waals surface area contributed by atoms with E-state index in [1.54, 1.807) is 6.26 Å². The van der Waals surface area contributed by atoms with Crippen LogP contribution in [-0.4, -0.2) is 38.2 Å². The Hall–Kier alpha value is -2.57. The number of aliphatic imine (C=N–C) groups is 1. The number of rotatable bonds is 6. The van der Waals surface area contributed by atoms with E-state index in [1.165, 1.54) is 12.1 Å². The topological polar surface area (TPSA) is 52.8 Å². The molecule has 1 aromatic carbocycles. The molecule has 1 fully saturated rings. The zero-order valence-corrected chi connectivity index (χ0v) is 14.8. The van der Waals surface area contributed by atoms with Crippen molar-refractivity contribution in [2.45, 2.75) is 25.8 Å². The quantitative estimate of drug-likeness (QED) is 0.613. The van der Waals surface area contributed by atoms with Crippen molar-refractivity contribution >= 4 is 11.6 Å². The molecule has 0 bridgehead atoms. The average molecular weight is 362 g/mol. The highest BCUT2D eigenvalue weighted by Gasteiger charge is 2.25. The molecule has 26 heavy (non-hydrogen) atoms. The Labute approximate surface area is 152 Å². The third-order valence-corrected chi connectivity index (χ3v) is 4.33. The van der Waals surface area contributed by atoms with Crippen molar-refractivity contribution in [2.24, 2.45) is 4.99 Å². The molecule has 1 unspecified atom stereocenters. The molecule has 1 aromatic heterocycles. The second-order valence-corrected chi connectivity index (χ2v) is 6.26. The molecule has 2 N–H and O–H groups in total. The highest BCUT2D eigenvalue weighted by atomic mass is 19.1. The van der Waals surface area contributed by atoms with Crippen LogP contribution in [0.3, 0.4) is 0 Å². The molecule has 5 nitrogen and oxygen atoms in total. The van der Waals surface area contributed by atoms with Gasteiger partial charge >= 0.3 is 0 Å². The molecule has 1 saturated heterocycles. The number of halogens is 2. The largest absolute Gasteiger partial charge is 0.469 e. The number of guanidine groups is 1. The molecular formula is C19H24F2N4O. The Bertz CT molecular complexity index is 733. The summed E-state index contributed by atoms with van der Waals surface area (Å²) < 4.78 is 32.4. The van der Waals surface area contributed by atoms with Crippen molar-refractivity contribution in [2.75, 3.05) is 31.1 Å². The van der Waals surface area contributed by atoms with Crippen molar-refractivity contribution in [3.05, 3.63) is 54.0 Å². The minimum atomic E-state index is -0.557. The van der Waals surface area contributed by atoms with Crippen LogP contribution in [0.4, 0.5) is 14.5 Å². The molecule has 0 aliphatic carbocycles. The van der Waals surface area contributed by atoms with Gasteiger partial charge in [-0.05, 0) is 37.6 Å². The maximum absolute atomic E-state index is 14.0. The Morgan fingerprint density at radius 2 is 2.23 bits per heavy atom. The standard InChI is InChI=1S/C19H24F2N4O/c1-2-22-19(23-9-7-16-4-3-11-26-16)24-15-8-10-25(13-15)18-6-5-14(20)12-17(18)21/h3-6,11-12,15H,2,7-10,13H2,1H3,(H2,22,23,24). The molecule has 0 spiro atoms. The van der Waals surface area contributed by atoms with Gasteiger partial charge in [0, 0.05) is 44.7 Å². The first-order valence-corrected chi connectivity index (χ1v) is 8.93. The molecule has 0 radical (unpaired) electrons. The summed E-state index contributed by atoms with van der Waals surface area (Å²) in [5.74, 6) is 0.567. The summed E-state index contributed by atoms with van der Waals surface area (Å²) in [6.07, 6.45) is 3.25. The summed E-state index contributed by atoms with van der Waals surface area (Å²) in [6.45, 7) is 4.75. The molecule has 7 heteroatoms. The number of benzene rings is 1. The highest BCUT2D eigenvalue weighted by molar-refractivity contribution is 5.80. The normalized spacial score (nSPS) is 17.6. The van der Waals surface area contributed by atoms with Gasteiger partial charge in [0.05, 0.1) is 12.0 Å². The Morgan fingerprint density at radius 1 is 1.35 bits per heavy atom. The zero-order valence-electron chi connectivity index (χ0n) is 14.8. The predicted molar refractivity (Wildman–Crippen MR) is 98.5 cm³/mol. The number of nitrogens with zero attached hydrogens (tertiary/aromatic N) is 2. The van der Waals surface area contributed by atoms with E-state index in [0.717, 1.165) is 37.2 Å². The first kappa shape index (κ1) is 18.2. The maximum atomic E-state index is 14.0. The summed E-state index contributed by atoms with van der Waals surface area (Å²) >= 11 is 0. The molecule has 1 atom stereocenters. The SMILES string of the molecule is CCNC(=NCCc1ccco1)NC1CCN(c2ccc(F)cc2F)C1. The fourth-order valence-electron chi connectivity index (χ4n) is 3.08. The zero-order chi connectivity index (χ0) is 18.4. The van der Waals surface area contributed by atoms with Crippen molar-refractivity contribution in [1.82, 2.24) is 10.6 Å². The van der Waals surface area contributed by atoms with Gasteiger partial charge in [0.25, 0.3) is 0 Å². The van der Waals surface area contributed by atoms with E-state index in [9.17, 15) is 8.78 Å². The summed E-state index contributed by atoms with van der Waals surface area (Å²) in [5, 5.41) is 6.63. The van der Waals surface area contributed by atoms with Gasteiger partial charge in [-0.15, -0.1) is 0 Å². The van der Waals surface area contributed by atoms with Crippen LogP contribution in [0.15, 0.2) is 46.0 Å². The lowest BCUT2D eigenvalue weighted by Crippen LogP contribution is -2.44. The van der Waals surface area contributed by atoms with Gasteiger partial charge in [0.1, 0.15) is 17.4 Å². The van der Waals surface area contributed by atoms with Crippen LogP contribution in [0.25, 0.3) is 0 Å². The van der Waals surface area contributed by atoms with Gasteiger partial charge < -0.3 is 20.0 Å². The lowest BCUT2D eigenvalue weighted by Gasteiger charge is -2.21. The molecule has 1 aliphatic heterocycles. The van der Waals surface area contributed by atoms with Crippen LogP contribution in [0.5, 0.6) is 0 Å². The lowest BCUT2D eigenvalue weighted by molar-refractivity contribution is 0.510. The van der Waals surface area contributed by atoms with Crippen LogP contribution in [-0.2, 0) is 6.42 Å². The predicted octanol–water partition coefficient (Wildman–Crippen LogP) is 2.93. The van der Waals surface area contributed by atoms with Crippen LogP contribution in [0, 0.1) is 11.6 Å². The first-order valence-electron chi connectivity index (χ1n) is 8.93. The van der Waals surface area contributed by atoms with E-state index in [1.807, 2.05) is 24.0 Å². The van der Waals surface area contributed by atoms with Crippen molar-refractivity contribution in [1.29, 1.82) is 0 Å². The lowest BCUT2D eigenvalue weighted by atomic mass is 10.2. The monoisotopic (exact) mass is 362 g/mol. The Balaban J connectivity index is 1.56. The second kappa shape index (κ2) is 8.69. The molecule has 2 heterocycles. The number of hydrogen-bond donors (Lipinski definition) is 2. The van der Waals surface area contributed by atoms with Gasteiger partial charge in [-0.3, -0.25) is 4.99 Å². The molecule has 2 aromatic rings. The van der Waals surface area contributed by atoms with Gasteiger partial charge in [-0.25, -0.2) is 8.78 Å². The second-order valence-electron chi connectivity index (χ2n) is 6.26. The molecule has 0 amide bonds. The van der Waals surface area contributed by atoms with Crippen LogP contribution < -0.4 is 15.5 Å². The molecular weight excluding hydrogens is 338 g/mol. The highest BCUT2D eigenvalue weighted by Crippen LogP contribution is 2.24. The van der Waals surface area contributed by atoms with E-state index >= 15 is 0 Å². The van der Waals surface area contributed by atoms with E-state index in [4.69, 9.17) is 4.42 Å². The van der Waals surface area contributed by atoms with E-state index in [0.29, 0.717) is 25.3 Å². The molecule has 3 rings (SSSR count). The maximum Gasteiger partial charge on any atom is 0.191 e. The minimum absolute atomic E-state index is 0.154. The van der Waals surface area contributed by atoms with Crippen LogP contribution in [0.1, 0.15) is 19.1 Å². The van der Waals surface area contributed by atoms with E-state index < -0.39 is 11.6 Å². The van der Waals surface area contributed by atoms with Gasteiger partial charge in [0.15, 0.2) is 5.96 Å². The summed E-state index contributed by atoms with van der Waals surface area (Å²) in [4.78, 5) is 6.50. The molecule has 1 aliphatic rings. The third-order valence-electron chi connectivity index (χ3n) is 4.33. The third kappa shape index (κ3) is 4.74. The molecule has 140 valence electrons. The Kier molecular flexibility index (Phi) is 6.09. The minimum Gasteiger partial charge on any atom is -0.469 e.